The van der Waals surface area contributed by atoms with Gasteiger partial charge in [0.15, 0.2) is 0 Å². The summed E-state index contributed by atoms with van der Waals surface area (Å²) in [7, 11) is -1.07. The highest BCUT2D eigenvalue weighted by molar-refractivity contribution is 7.89. The Morgan fingerprint density at radius 2 is 2.24 bits per heavy atom. The lowest BCUT2D eigenvalue weighted by molar-refractivity contribution is -0.120. The molecule has 1 N–H and O–H groups in total. The monoisotopic (exact) mass is 277 g/mol. The van der Waals surface area contributed by atoms with Crippen LogP contribution in [0.1, 0.15) is 0 Å². The molecule has 1 heterocycles. The van der Waals surface area contributed by atoms with E-state index in [9.17, 15) is 13.2 Å². The molecule has 0 aliphatic rings. The van der Waals surface area contributed by atoms with Crippen molar-refractivity contribution in [2.24, 2.45) is 0 Å². The Morgan fingerprint density at radius 1 is 1.59 bits per heavy atom. The molecule has 0 aliphatic carbocycles. The Bertz CT molecular complexity index is 518. The molecule has 6 nitrogen and oxygen atoms in total. The molecule has 0 spiro atoms. The fourth-order valence-electron chi connectivity index (χ4n) is 1.09. The van der Waals surface area contributed by atoms with Gasteiger partial charge in [-0.25, -0.2) is 8.42 Å². The van der Waals surface area contributed by atoms with E-state index in [1.54, 1.807) is 0 Å². The van der Waals surface area contributed by atoms with E-state index in [1.807, 2.05) is 0 Å². The van der Waals surface area contributed by atoms with Crippen molar-refractivity contribution < 1.29 is 13.2 Å². The van der Waals surface area contributed by atoms with Crippen LogP contribution in [0.25, 0.3) is 0 Å². The molecule has 8 heteroatoms. The van der Waals surface area contributed by atoms with Crippen LogP contribution >= 0.6 is 11.6 Å². The lowest BCUT2D eigenvalue weighted by Crippen LogP contribution is -2.37. The first-order chi connectivity index (χ1) is 7.89. The van der Waals surface area contributed by atoms with E-state index < -0.39 is 15.9 Å². The lowest BCUT2D eigenvalue weighted by Gasteiger charge is -2.16. The second kappa shape index (κ2) is 5.44. The van der Waals surface area contributed by atoms with Crippen LogP contribution < -0.4 is 5.32 Å². The summed E-state index contributed by atoms with van der Waals surface area (Å²) in [4.78, 5) is 14.7. The number of rotatable bonds is 4. The first kappa shape index (κ1) is 13.9. The van der Waals surface area contributed by atoms with E-state index in [4.69, 9.17) is 11.6 Å². The standard InChI is InChI=1S/C9H12ClN3O3S/c1-11-9(14)6-13(2)17(15,16)8-5-12-4-3-7(8)10/h3-5H,6H2,1-2H3,(H,11,14). The van der Waals surface area contributed by atoms with E-state index in [1.165, 1.54) is 26.4 Å². The predicted molar refractivity (Wildman–Crippen MR) is 63.1 cm³/mol. The van der Waals surface area contributed by atoms with E-state index in [2.05, 4.69) is 10.3 Å². The van der Waals surface area contributed by atoms with Gasteiger partial charge in [0.25, 0.3) is 0 Å². The van der Waals surface area contributed by atoms with Crippen molar-refractivity contribution in [1.82, 2.24) is 14.6 Å². The quantitative estimate of drug-likeness (QED) is 0.847. The van der Waals surface area contributed by atoms with Crippen LogP contribution in [0.15, 0.2) is 23.4 Å². The summed E-state index contributed by atoms with van der Waals surface area (Å²) in [6.07, 6.45) is 2.54. The average Bonchev–Trinajstić information content (AvgIpc) is 2.29. The van der Waals surface area contributed by atoms with Crippen LogP contribution in [0.4, 0.5) is 0 Å². The van der Waals surface area contributed by atoms with Gasteiger partial charge < -0.3 is 5.32 Å². The Morgan fingerprint density at radius 3 is 2.76 bits per heavy atom. The number of nitrogens with zero attached hydrogens (tertiary/aromatic N) is 2. The molecule has 17 heavy (non-hydrogen) atoms. The SMILES string of the molecule is CNC(=O)CN(C)S(=O)(=O)c1cnccc1Cl. The molecule has 1 aromatic heterocycles. The number of hydrogen-bond donors (Lipinski definition) is 1. The smallest absolute Gasteiger partial charge is 0.246 e. The van der Waals surface area contributed by atoms with E-state index in [-0.39, 0.29) is 16.5 Å². The van der Waals surface area contributed by atoms with Gasteiger partial charge in [0.1, 0.15) is 4.90 Å². The molecular weight excluding hydrogens is 266 g/mol. The van der Waals surface area contributed by atoms with Crippen molar-refractivity contribution in [2.45, 2.75) is 4.90 Å². The first-order valence-electron chi connectivity index (χ1n) is 4.66. The summed E-state index contributed by atoms with van der Waals surface area (Å²) in [6.45, 7) is -0.274. The van der Waals surface area contributed by atoms with E-state index in [0.717, 1.165) is 10.5 Å². The van der Waals surface area contributed by atoms with Crippen LogP contribution in [0, 0.1) is 0 Å². The Balaban J connectivity index is 3.04. The van der Waals surface area contributed by atoms with Crippen LogP contribution in [-0.2, 0) is 14.8 Å². The normalized spacial score (nSPS) is 11.5. The minimum atomic E-state index is -3.80. The number of halogens is 1. The maximum Gasteiger partial charge on any atom is 0.246 e. The zero-order valence-corrected chi connectivity index (χ0v) is 10.9. The number of nitrogens with one attached hydrogen (secondary N) is 1. The molecule has 0 bridgehead atoms. The number of likely N-dealkylation sites (N-methyl/N-ethyl adjacent to an activating group) is 2. The molecule has 0 radical (unpaired) electrons. The third-order valence-electron chi connectivity index (χ3n) is 2.07. The summed E-state index contributed by atoms with van der Waals surface area (Å²) >= 11 is 5.78. The fourth-order valence-corrected chi connectivity index (χ4v) is 2.62. The molecule has 0 unspecified atom stereocenters. The zero-order valence-electron chi connectivity index (χ0n) is 9.34. The number of carbonyl (C=O) groups is 1. The van der Waals surface area contributed by atoms with Crippen molar-refractivity contribution in [2.75, 3.05) is 20.6 Å². The average molecular weight is 278 g/mol. The Labute approximate surface area is 105 Å². The molecule has 1 amide bonds. The molecule has 0 saturated carbocycles. The van der Waals surface area contributed by atoms with Crippen molar-refractivity contribution in [3.8, 4) is 0 Å². The third kappa shape index (κ3) is 3.15. The summed E-state index contributed by atoms with van der Waals surface area (Å²) in [5.74, 6) is -0.406. The molecular formula is C9H12ClN3O3S. The number of aromatic nitrogens is 1. The number of carbonyl (C=O) groups excluding carboxylic acids is 1. The largest absolute Gasteiger partial charge is 0.358 e. The Hall–Kier alpha value is -1.18. The minimum absolute atomic E-state index is 0.0729. The van der Waals surface area contributed by atoms with E-state index in [0.29, 0.717) is 0 Å². The molecule has 0 atom stereocenters. The highest BCUT2D eigenvalue weighted by Gasteiger charge is 2.25. The highest BCUT2D eigenvalue weighted by atomic mass is 35.5. The summed E-state index contributed by atoms with van der Waals surface area (Å²) < 4.78 is 25.0. The van der Waals surface area contributed by atoms with Crippen molar-refractivity contribution >= 4 is 27.5 Å². The number of pyridine rings is 1. The van der Waals surface area contributed by atoms with Crippen molar-refractivity contribution in [3.63, 3.8) is 0 Å². The number of amides is 1. The van der Waals surface area contributed by atoms with Gasteiger partial charge in [-0.3, -0.25) is 9.78 Å². The second-order valence-electron chi connectivity index (χ2n) is 3.24. The topological polar surface area (TPSA) is 79.4 Å². The third-order valence-corrected chi connectivity index (χ3v) is 4.34. The summed E-state index contributed by atoms with van der Waals surface area (Å²) in [6, 6.07) is 1.38. The second-order valence-corrected chi connectivity index (χ2v) is 5.66. The minimum Gasteiger partial charge on any atom is -0.358 e. The van der Waals surface area contributed by atoms with Gasteiger partial charge in [-0.2, -0.15) is 4.31 Å². The number of sulfonamides is 1. The van der Waals surface area contributed by atoms with Gasteiger partial charge in [-0.1, -0.05) is 11.6 Å². The molecule has 94 valence electrons. The van der Waals surface area contributed by atoms with Gasteiger partial charge in [0.2, 0.25) is 15.9 Å². The van der Waals surface area contributed by atoms with Crippen LogP contribution in [0.5, 0.6) is 0 Å². The van der Waals surface area contributed by atoms with Crippen LogP contribution in [0.2, 0.25) is 5.02 Å². The molecule has 1 rings (SSSR count). The van der Waals surface area contributed by atoms with Crippen LogP contribution in [0.3, 0.4) is 0 Å². The zero-order chi connectivity index (χ0) is 13.1. The maximum absolute atomic E-state index is 12.0. The van der Waals surface area contributed by atoms with Gasteiger partial charge in [0, 0.05) is 26.5 Å². The summed E-state index contributed by atoms with van der Waals surface area (Å²) in [5.41, 5.74) is 0. The summed E-state index contributed by atoms with van der Waals surface area (Å²) in [5, 5.41) is 2.41. The fraction of sp³-hybridized carbons (Fsp3) is 0.333. The van der Waals surface area contributed by atoms with Gasteiger partial charge in [-0.15, -0.1) is 0 Å². The lowest BCUT2D eigenvalue weighted by atomic mass is 10.5. The predicted octanol–water partition coefficient (Wildman–Crippen LogP) is 0.102. The van der Waals surface area contributed by atoms with Crippen molar-refractivity contribution in [3.05, 3.63) is 23.5 Å². The molecule has 1 aromatic rings. The van der Waals surface area contributed by atoms with Gasteiger partial charge >= 0.3 is 0 Å². The first-order valence-corrected chi connectivity index (χ1v) is 6.48. The van der Waals surface area contributed by atoms with Gasteiger partial charge in [0.05, 0.1) is 11.6 Å². The van der Waals surface area contributed by atoms with Crippen molar-refractivity contribution in [1.29, 1.82) is 0 Å². The molecule has 0 aliphatic heterocycles. The maximum atomic E-state index is 12.0. The van der Waals surface area contributed by atoms with E-state index >= 15 is 0 Å². The number of hydrogen-bond acceptors (Lipinski definition) is 4. The molecule has 0 aromatic carbocycles. The molecule has 0 fully saturated rings. The van der Waals surface area contributed by atoms with Crippen LogP contribution in [-0.4, -0.2) is 44.3 Å². The van der Waals surface area contributed by atoms with Gasteiger partial charge in [-0.05, 0) is 6.07 Å². The molecule has 0 saturated heterocycles. The highest BCUT2D eigenvalue weighted by Crippen LogP contribution is 2.21. The Kier molecular flexibility index (Phi) is 4.44.